The van der Waals surface area contributed by atoms with E-state index >= 15 is 0 Å². The second-order valence-corrected chi connectivity index (χ2v) is 7.08. The summed E-state index contributed by atoms with van der Waals surface area (Å²) in [5, 5.41) is 17.6. The number of aryl methyl sites for hydroxylation is 2. The number of nitriles is 2. The third-order valence-corrected chi connectivity index (χ3v) is 5.33. The Labute approximate surface area is 154 Å². The van der Waals surface area contributed by atoms with Crippen LogP contribution in [0.1, 0.15) is 61.8 Å². The largest absolute Gasteiger partial charge is 0.344 e. The first kappa shape index (κ1) is 18.4. The molecule has 7 heteroatoms. The van der Waals surface area contributed by atoms with Crippen molar-refractivity contribution in [3.63, 3.8) is 0 Å². The van der Waals surface area contributed by atoms with Crippen LogP contribution in [-0.2, 0) is 17.6 Å². The topological polar surface area (TPSA) is 99.8 Å². The Morgan fingerprint density at radius 3 is 2.62 bits per heavy atom. The van der Waals surface area contributed by atoms with Crippen molar-refractivity contribution in [2.45, 2.75) is 57.4 Å². The van der Waals surface area contributed by atoms with Crippen LogP contribution in [0.15, 0.2) is 0 Å². The van der Waals surface area contributed by atoms with Gasteiger partial charge in [-0.2, -0.15) is 10.5 Å². The van der Waals surface area contributed by atoms with Crippen LogP contribution in [0.3, 0.4) is 0 Å². The summed E-state index contributed by atoms with van der Waals surface area (Å²) in [6, 6.07) is 4.33. The van der Waals surface area contributed by atoms with Crippen LogP contribution in [0.2, 0.25) is 0 Å². The fraction of sp³-hybridized carbons (Fsp3) is 0.684. The van der Waals surface area contributed by atoms with Crippen LogP contribution in [-0.4, -0.2) is 51.9 Å². The van der Waals surface area contributed by atoms with Gasteiger partial charge in [0.1, 0.15) is 5.82 Å². The number of imidazole rings is 1. The molecule has 1 aromatic rings. The monoisotopic (exact) mass is 354 g/mol. The highest BCUT2D eigenvalue weighted by Gasteiger charge is 2.31. The number of hydrogen-bond donors (Lipinski definition) is 1. The number of aromatic amines is 1. The van der Waals surface area contributed by atoms with Gasteiger partial charge in [0.25, 0.3) is 0 Å². The van der Waals surface area contributed by atoms with Gasteiger partial charge < -0.3 is 9.88 Å². The van der Waals surface area contributed by atoms with E-state index in [2.05, 4.69) is 22.0 Å². The number of carbonyl (C=O) groups is 1. The van der Waals surface area contributed by atoms with E-state index in [1.807, 2.05) is 0 Å². The number of hydrogen-bond acceptors (Lipinski definition) is 5. The first-order chi connectivity index (χ1) is 12.7. The number of likely N-dealkylation sites (tertiary alicyclic amines) is 1. The van der Waals surface area contributed by atoms with Crippen LogP contribution in [0.4, 0.5) is 0 Å². The molecule has 138 valence electrons. The third-order valence-electron chi connectivity index (χ3n) is 5.33. The molecule has 2 aliphatic rings. The molecule has 0 radical (unpaired) electrons. The lowest BCUT2D eigenvalue weighted by Crippen LogP contribution is -2.41. The highest BCUT2D eigenvalue weighted by Crippen LogP contribution is 2.32. The predicted octanol–water partition coefficient (Wildman–Crippen LogP) is 2.08. The molecular formula is C19H26N6O. The Morgan fingerprint density at radius 1 is 1.19 bits per heavy atom. The van der Waals surface area contributed by atoms with Crippen LogP contribution in [0.25, 0.3) is 0 Å². The summed E-state index contributed by atoms with van der Waals surface area (Å²) in [6.07, 6.45) is 7.20. The summed E-state index contributed by atoms with van der Waals surface area (Å²) in [7, 11) is 0. The molecule has 0 spiro atoms. The van der Waals surface area contributed by atoms with Gasteiger partial charge in [0.15, 0.2) is 0 Å². The van der Waals surface area contributed by atoms with E-state index in [4.69, 9.17) is 15.5 Å². The Hall–Kier alpha value is -2.38. The van der Waals surface area contributed by atoms with Crippen molar-refractivity contribution in [3.05, 3.63) is 17.2 Å². The molecule has 0 aromatic carbocycles. The van der Waals surface area contributed by atoms with Crippen molar-refractivity contribution in [1.29, 1.82) is 10.5 Å². The van der Waals surface area contributed by atoms with Crippen molar-refractivity contribution in [1.82, 2.24) is 19.8 Å². The van der Waals surface area contributed by atoms with Gasteiger partial charge in [-0.3, -0.25) is 9.69 Å². The average Bonchev–Trinajstić information content (AvgIpc) is 3.27. The summed E-state index contributed by atoms with van der Waals surface area (Å²) >= 11 is 0. The fourth-order valence-electron chi connectivity index (χ4n) is 3.96. The zero-order chi connectivity index (χ0) is 18.4. The number of carbonyl (C=O) groups excluding carboxylic acids is 1. The number of amides is 1. The molecule has 0 saturated carbocycles. The molecule has 7 nitrogen and oxygen atoms in total. The van der Waals surface area contributed by atoms with Gasteiger partial charge in [0.2, 0.25) is 5.91 Å². The maximum absolute atomic E-state index is 12.7. The van der Waals surface area contributed by atoms with E-state index < -0.39 is 0 Å². The molecule has 0 bridgehead atoms. The maximum Gasteiger partial charge on any atom is 0.236 e. The highest BCUT2D eigenvalue weighted by molar-refractivity contribution is 5.78. The lowest BCUT2D eigenvalue weighted by atomic mass is 10.0. The normalized spacial score (nSPS) is 19.5. The molecule has 1 aromatic heterocycles. The Morgan fingerprint density at radius 2 is 1.92 bits per heavy atom. The van der Waals surface area contributed by atoms with E-state index in [9.17, 15) is 4.79 Å². The van der Waals surface area contributed by atoms with Gasteiger partial charge >= 0.3 is 0 Å². The molecule has 1 atom stereocenters. The molecule has 1 saturated heterocycles. The molecule has 1 aliphatic carbocycles. The zero-order valence-corrected chi connectivity index (χ0v) is 15.2. The first-order valence-electron chi connectivity index (χ1n) is 9.56. The molecule has 26 heavy (non-hydrogen) atoms. The van der Waals surface area contributed by atoms with Gasteiger partial charge in [-0.25, -0.2) is 4.98 Å². The number of fused-ring (bicyclic) bond motifs is 1. The molecular weight excluding hydrogens is 328 g/mol. The summed E-state index contributed by atoms with van der Waals surface area (Å²) in [4.78, 5) is 24.9. The second-order valence-electron chi connectivity index (χ2n) is 7.08. The lowest BCUT2D eigenvalue weighted by molar-refractivity contribution is -0.132. The minimum absolute atomic E-state index is 0.00119. The van der Waals surface area contributed by atoms with Crippen molar-refractivity contribution in [2.24, 2.45) is 0 Å². The third kappa shape index (κ3) is 4.23. The minimum atomic E-state index is -0.00119. The average molecular weight is 354 g/mol. The van der Waals surface area contributed by atoms with Gasteiger partial charge in [0, 0.05) is 18.8 Å². The Balaban J connectivity index is 1.65. The van der Waals surface area contributed by atoms with Crippen LogP contribution >= 0.6 is 0 Å². The van der Waals surface area contributed by atoms with Gasteiger partial charge in [-0.05, 0) is 45.1 Å². The number of nitrogens with one attached hydrogen (secondary N) is 1. The highest BCUT2D eigenvalue weighted by atomic mass is 16.2. The van der Waals surface area contributed by atoms with Gasteiger partial charge in [0.05, 0.1) is 43.3 Å². The number of aromatic nitrogens is 2. The molecule has 1 fully saturated rings. The Bertz CT molecular complexity index is 671. The van der Waals surface area contributed by atoms with Crippen molar-refractivity contribution < 1.29 is 4.79 Å². The van der Waals surface area contributed by atoms with Gasteiger partial charge in [-0.15, -0.1) is 0 Å². The number of H-pyrrole nitrogens is 1. The quantitative estimate of drug-likeness (QED) is 0.808. The summed E-state index contributed by atoms with van der Waals surface area (Å²) in [5.74, 6) is 1.00. The summed E-state index contributed by atoms with van der Waals surface area (Å²) in [5.41, 5.74) is 2.48. The standard InChI is InChI=1S/C19H26N6O/c20-9-4-12-24(13-5-10-21)18(26)14-25-11-3-8-17(25)19-22-15-6-1-2-7-16(15)23-19/h17H,1-8,11-14H2,(H,22,23)/t17-/m0/s1. The summed E-state index contributed by atoms with van der Waals surface area (Å²) < 4.78 is 0. The van der Waals surface area contributed by atoms with Crippen molar-refractivity contribution >= 4 is 5.91 Å². The van der Waals surface area contributed by atoms with E-state index in [-0.39, 0.29) is 11.9 Å². The molecule has 3 rings (SSSR count). The van der Waals surface area contributed by atoms with Crippen molar-refractivity contribution in [2.75, 3.05) is 26.2 Å². The minimum Gasteiger partial charge on any atom is -0.344 e. The van der Waals surface area contributed by atoms with E-state index in [0.717, 1.165) is 38.1 Å². The van der Waals surface area contributed by atoms with E-state index in [1.165, 1.54) is 24.2 Å². The number of rotatable bonds is 7. The van der Waals surface area contributed by atoms with Crippen LogP contribution in [0, 0.1) is 22.7 Å². The van der Waals surface area contributed by atoms with E-state index in [0.29, 0.717) is 32.5 Å². The smallest absolute Gasteiger partial charge is 0.236 e. The van der Waals surface area contributed by atoms with E-state index in [1.54, 1.807) is 4.90 Å². The van der Waals surface area contributed by atoms with Gasteiger partial charge in [-0.1, -0.05) is 0 Å². The lowest BCUT2D eigenvalue weighted by Gasteiger charge is -2.27. The molecule has 1 aliphatic heterocycles. The summed E-state index contributed by atoms with van der Waals surface area (Å²) in [6.45, 7) is 1.99. The number of nitrogens with zero attached hydrogens (tertiary/aromatic N) is 5. The zero-order valence-electron chi connectivity index (χ0n) is 15.2. The predicted molar refractivity (Wildman–Crippen MR) is 95.8 cm³/mol. The second kappa shape index (κ2) is 8.82. The maximum atomic E-state index is 12.7. The molecule has 1 amide bonds. The molecule has 2 heterocycles. The fourth-order valence-corrected chi connectivity index (χ4v) is 3.96. The SMILES string of the molecule is N#CCCN(CCC#N)C(=O)CN1CCC[C@H]1c1nc2c([nH]1)CCCC2. The first-order valence-corrected chi connectivity index (χ1v) is 9.56. The molecule has 1 N–H and O–H groups in total. The Kier molecular flexibility index (Phi) is 6.25. The van der Waals surface area contributed by atoms with Crippen LogP contribution < -0.4 is 0 Å². The molecule has 0 unspecified atom stereocenters. The van der Waals surface area contributed by atoms with Crippen molar-refractivity contribution in [3.8, 4) is 12.1 Å². The van der Waals surface area contributed by atoms with Crippen LogP contribution in [0.5, 0.6) is 0 Å².